The van der Waals surface area contributed by atoms with Crippen molar-refractivity contribution in [1.82, 2.24) is 4.90 Å². The van der Waals surface area contributed by atoms with Gasteiger partial charge >= 0.3 is 0 Å². The molecule has 2 amide bonds. The van der Waals surface area contributed by atoms with Gasteiger partial charge in [-0.05, 0) is 36.6 Å². The van der Waals surface area contributed by atoms with E-state index in [2.05, 4.69) is 24.2 Å². The van der Waals surface area contributed by atoms with Crippen molar-refractivity contribution in [3.63, 3.8) is 0 Å². The molecule has 1 atom stereocenters. The van der Waals surface area contributed by atoms with Crippen molar-refractivity contribution in [3.8, 4) is 11.5 Å². The van der Waals surface area contributed by atoms with Crippen LogP contribution in [-0.2, 0) is 9.59 Å². The van der Waals surface area contributed by atoms with Crippen molar-refractivity contribution in [3.05, 3.63) is 48.0 Å². The Morgan fingerprint density at radius 3 is 2.67 bits per heavy atom. The van der Waals surface area contributed by atoms with Crippen LogP contribution >= 0.6 is 11.8 Å². The van der Waals surface area contributed by atoms with Crippen LogP contribution in [0, 0.1) is 5.92 Å². The van der Waals surface area contributed by atoms with Crippen LogP contribution in [0.5, 0.6) is 11.5 Å². The predicted molar refractivity (Wildman–Crippen MR) is 131 cm³/mol. The number of nitrogens with one attached hydrogen (secondary N) is 1. The standard InChI is InChI=1S/C24H26N4O4S/c1-14(2)11-19-23(30)27-22-16-7-5-6-8-17(16)26-24(28(19)22)33-13-21(29)25-18-10-9-15(31-3)12-20(18)32-4/h5-10,12,14,19H,11,13H2,1-4H3,(H,25,29). The summed E-state index contributed by atoms with van der Waals surface area (Å²) in [4.78, 5) is 36.5. The summed E-state index contributed by atoms with van der Waals surface area (Å²) in [6, 6.07) is 12.4. The Hall–Kier alpha value is -3.33. The van der Waals surface area contributed by atoms with Gasteiger partial charge in [0.05, 0.1) is 31.3 Å². The first kappa shape index (κ1) is 22.8. The number of amidine groups is 2. The van der Waals surface area contributed by atoms with E-state index in [1.807, 2.05) is 29.2 Å². The summed E-state index contributed by atoms with van der Waals surface area (Å²) in [5, 5.41) is 3.47. The van der Waals surface area contributed by atoms with Crippen molar-refractivity contribution in [1.29, 1.82) is 0 Å². The Bertz CT molecular complexity index is 1150. The number of ether oxygens (including phenoxy) is 2. The first-order chi connectivity index (χ1) is 15.9. The zero-order chi connectivity index (χ0) is 23.5. The quantitative estimate of drug-likeness (QED) is 0.661. The summed E-state index contributed by atoms with van der Waals surface area (Å²) in [5.41, 5.74) is 2.12. The van der Waals surface area contributed by atoms with Gasteiger partial charge in [-0.2, -0.15) is 4.99 Å². The van der Waals surface area contributed by atoms with Gasteiger partial charge in [0.15, 0.2) is 5.17 Å². The van der Waals surface area contributed by atoms with Gasteiger partial charge in [0, 0.05) is 11.6 Å². The molecule has 0 spiro atoms. The Kier molecular flexibility index (Phi) is 6.69. The second-order valence-electron chi connectivity index (χ2n) is 8.10. The van der Waals surface area contributed by atoms with Gasteiger partial charge < -0.3 is 14.8 Å². The van der Waals surface area contributed by atoms with Gasteiger partial charge in [0.25, 0.3) is 5.91 Å². The maximum absolute atomic E-state index is 12.7. The first-order valence-electron chi connectivity index (χ1n) is 10.7. The van der Waals surface area contributed by atoms with E-state index in [1.165, 1.54) is 18.9 Å². The van der Waals surface area contributed by atoms with Crippen molar-refractivity contribution >= 4 is 46.0 Å². The van der Waals surface area contributed by atoms with E-state index in [0.29, 0.717) is 40.5 Å². The number of rotatable bonds is 7. The van der Waals surface area contributed by atoms with E-state index >= 15 is 0 Å². The molecule has 0 bridgehead atoms. The molecule has 2 aromatic carbocycles. The second-order valence-corrected chi connectivity index (χ2v) is 9.05. The van der Waals surface area contributed by atoms with Gasteiger partial charge in [-0.1, -0.05) is 37.7 Å². The normalized spacial score (nSPS) is 16.7. The predicted octanol–water partition coefficient (Wildman–Crippen LogP) is 4.08. The maximum atomic E-state index is 12.7. The summed E-state index contributed by atoms with van der Waals surface area (Å²) in [5.74, 6) is 1.79. The number of carbonyl (C=O) groups excluding carboxylic acids is 2. The van der Waals surface area contributed by atoms with Crippen LogP contribution in [0.4, 0.5) is 11.4 Å². The average Bonchev–Trinajstić information content (AvgIpc) is 3.13. The molecule has 2 aliphatic rings. The number of para-hydroxylation sites is 1. The summed E-state index contributed by atoms with van der Waals surface area (Å²) in [6.45, 7) is 4.14. The van der Waals surface area contributed by atoms with Crippen LogP contribution in [0.15, 0.2) is 52.4 Å². The molecule has 9 heteroatoms. The van der Waals surface area contributed by atoms with Gasteiger partial charge in [-0.25, -0.2) is 4.99 Å². The maximum Gasteiger partial charge on any atom is 0.270 e. The molecule has 0 aliphatic carbocycles. The third-order valence-electron chi connectivity index (χ3n) is 5.32. The highest BCUT2D eigenvalue weighted by molar-refractivity contribution is 8.14. The summed E-state index contributed by atoms with van der Waals surface area (Å²) >= 11 is 1.28. The number of benzene rings is 2. The molecule has 0 radical (unpaired) electrons. The fraction of sp³-hybridized carbons (Fsp3) is 0.333. The number of fused-ring (bicyclic) bond motifs is 3. The fourth-order valence-corrected chi connectivity index (χ4v) is 4.64. The summed E-state index contributed by atoms with van der Waals surface area (Å²) < 4.78 is 10.6. The van der Waals surface area contributed by atoms with Gasteiger partial charge in [-0.15, -0.1) is 0 Å². The molecule has 4 rings (SSSR count). The lowest BCUT2D eigenvalue weighted by Crippen LogP contribution is -2.44. The Labute approximate surface area is 197 Å². The van der Waals surface area contributed by atoms with E-state index in [-0.39, 0.29) is 17.6 Å². The first-order valence-corrected chi connectivity index (χ1v) is 11.6. The fourth-order valence-electron chi connectivity index (χ4n) is 3.79. The number of amides is 2. The molecule has 0 fully saturated rings. The third-order valence-corrected chi connectivity index (χ3v) is 6.27. The molecule has 1 unspecified atom stereocenters. The van der Waals surface area contributed by atoms with E-state index in [1.54, 1.807) is 25.3 Å². The zero-order valence-corrected chi connectivity index (χ0v) is 19.8. The molecule has 2 aliphatic heterocycles. The van der Waals surface area contributed by atoms with Crippen molar-refractivity contribution in [2.75, 3.05) is 25.3 Å². The third kappa shape index (κ3) is 4.73. The molecular formula is C24H26N4O4S. The molecule has 33 heavy (non-hydrogen) atoms. The lowest BCUT2D eigenvalue weighted by atomic mass is 10.0. The van der Waals surface area contributed by atoms with E-state index in [4.69, 9.17) is 14.5 Å². The minimum Gasteiger partial charge on any atom is -0.497 e. The summed E-state index contributed by atoms with van der Waals surface area (Å²) in [7, 11) is 3.10. The zero-order valence-electron chi connectivity index (χ0n) is 19.0. The molecule has 172 valence electrons. The molecular weight excluding hydrogens is 440 g/mol. The second kappa shape index (κ2) is 9.66. The van der Waals surface area contributed by atoms with Crippen molar-refractivity contribution < 1.29 is 19.1 Å². The van der Waals surface area contributed by atoms with Crippen LogP contribution in [0.3, 0.4) is 0 Å². The van der Waals surface area contributed by atoms with Crippen LogP contribution in [-0.4, -0.2) is 53.7 Å². The highest BCUT2D eigenvalue weighted by atomic mass is 32.2. The Balaban J connectivity index is 1.54. The smallest absolute Gasteiger partial charge is 0.270 e. The molecule has 0 saturated heterocycles. The molecule has 0 saturated carbocycles. The lowest BCUT2D eigenvalue weighted by molar-refractivity contribution is -0.120. The van der Waals surface area contributed by atoms with Gasteiger partial charge in [0.2, 0.25) is 5.91 Å². The summed E-state index contributed by atoms with van der Waals surface area (Å²) in [6.07, 6.45) is 0.656. The Morgan fingerprint density at radius 1 is 1.15 bits per heavy atom. The number of anilines is 1. The number of aliphatic imine (C=N–C) groups is 2. The van der Waals surface area contributed by atoms with E-state index in [0.717, 1.165) is 11.3 Å². The van der Waals surface area contributed by atoms with Crippen LogP contribution in [0.2, 0.25) is 0 Å². The van der Waals surface area contributed by atoms with E-state index in [9.17, 15) is 9.59 Å². The number of hydrogen-bond donors (Lipinski definition) is 1. The van der Waals surface area contributed by atoms with Gasteiger partial charge in [0.1, 0.15) is 23.4 Å². The number of nitrogens with zero attached hydrogens (tertiary/aromatic N) is 3. The number of methoxy groups -OCH3 is 2. The van der Waals surface area contributed by atoms with Crippen LogP contribution < -0.4 is 14.8 Å². The monoisotopic (exact) mass is 466 g/mol. The molecule has 2 heterocycles. The highest BCUT2D eigenvalue weighted by Crippen LogP contribution is 2.36. The SMILES string of the molecule is COc1ccc(NC(=O)CSC2=Nc3ccccc3C3=NC(=O)C(CC(C)C)N23)c(OC)c1. The number of thioether (sulfide) groups is 1. The van der Waals surface area contributed by atoms with Crippen LogP contribution in [0.1, 0.15) is 25.8 Å². The number of hydrogen-bond acceptors (Lipinski definition) is 7. The van der Waals surface area contributed by atoms with E-state index < -0.39 is 6.04 Å². The minimum atomic E-state index is -0.413. The van der Waals surface area contributed by atoms with Gasteiger partial charge in [-0.3, -0.25) is 14.5 Å². The van der Waals surface area contributed by atoms with Crippen molar-refractivity contribution in [2.45, 2.75) is 26.3 Å². The lowest BCUT2D eigenvalue weighted by Gasteiger charge is -2.31. The highest BCUT2D eigenvalue weighted by Gasteiger charge is 2.41. The minimum absolute atomic E-state index is 0.114. The topological polar surface area (TPSA) is 92.6 Å². The molecule has 0 aromatic heterocycles. The van der Waals surface area contributed by atoms with Crippen molar-refractivity contribution in [2.24, 2.45) is 15.9 Å². The number of carbonyl (C=O) groups is 2. The molecule has 8 nitrogen and oxygen atoms in total. The largest absolute Gasteiger partial charge is 0.497 e. The van der Waals surface area contributed by atoms with Crippen LogP contribution in [0.25, 0.3) is 0 Å². The average molecular weight is 467 g/mol. The Morgan fingerprint density at radius 2 is 1.94 bits per heavy atom. The molecule has 1 N–H and O–H groups in total. The molecule has 2 aromatic rings.